The van der Waals surface area contributed by atoms with Crippen LogP contribution in [0.4, 0.5) is 0 Å². The number of aryl methyl sites for hydroxylation is 1. The number of carbonyl (C=O) groups excluding carboxylic acids is 1. The molecule has 1 aliphatic heterocycles. The number of nitrogens with zero attached hydrogens (tertiary/aromatic N) is 1. The fourth-order valence-corrected chi connectivity index (χ4v) is 8.63. The summed E-state index contributed by atoms with van der Waals surface area (Å²) in [7, 11) is 4.87. The summed E-state index contributed by atoms with van der Waals surface area (Å²) in [4.78, 5) is 14.8. The summed E-state index contributed by atoms with van der Waals surface area (Å²) in [5.41, 5.74) is 9.72. The number of hydrogen-bond acceptors (Lipinski definition) is 9. The summed E-state index contributed by atoms with van der Waals surface area (Å²) in [5.74, 6) is 3.18. The van der Waals surface area contributed by atoms with Crippen LogP contribution >= 0.6 is 0 Å². The molecule has 0 saturated carbocycles. The predicted octanol–water partition coefficient (Wildman–Crippen LogP) is 12.6. The Morgan fingerprint density at radius 3 is 1.41 bits per heavy atom. The van der Waals surface area contributed by atoms with E-state index in [0.717, 1.165) is 50.2 Å². The van der Waals surface area contributed by atoms with Gasteiger partial charge in [0, 0.05) is 34.9 Å². The van der Waals surface area contributed by atoms with Gasteiger partial charge in [-0.25, -0.2) is 4.79 Å². The first-order valence-corrected chi connectivity index (χ1v) is 22.7. The fourth-order valence-electron chi connectivity index (χ4n) is 8.63. The summed E-state index contributed by atoms with van der Waals surface area (Å²) >= 11 is 0. The highest BCUT2D eigenvalue weighted by atomic mass is 16.5. The molecular formula is C58H53NO9. The maximum Gasteiger partial charge on any atom is 0.355 e. The molecule has 0 atom stereocenters. The van der Waals surface area contributed by atoms with Gasteiger partial charge in [-0.15, -0.1) is 0 Å². The molecule has 10 heteroatoms. The van der Waals surface area contributed by atoms with E-state index >= 15 is 0 Å². The molecule has 0 unspecified atom stereocenters. The number of aromatic nitrogens is 1. The average molecular weight is 908 g/mol. The van der Waals surface area contributed by atoms with Crippen LogP contribution in [-0.4, -0.2) is 38.5 Å². The third-order valence-corrected chi connectivity index (χ3v) is 11.9. The van der Waals surface area contributed by atoms with Gasteiger partial charge in [0.15, 0.2) is 34.5 Å². The Labute approximate surface area is 397 Å². The molecule has 10 nitrogen and oxygen atoms in total. The highest BCUT2D eigenvalue weighted by Gasteiger charge is 2.36. The predicted molar refractivity (Wildman–Crippen MR) is 263 cm³/mol. The zero-order valence-electron chi connectivity index (χ0n) is 38.7. The highest BCUT2D eigenvalue weighted by Crippen LogP contribution is 2.54. The van der Waals surface area contributed by atoms with Crippen molar-refractivity contribution in [2.75, 3.05) is 27.9 Å². The number of fused-ring (bicyclic) bond motifs is 3. The molecule has 0 spiro atoms. The zero-order valence-corrected chi connectivity index (χ0v) is 38.7. The Kier molecular flexibility index (Phi) is 13.9. The number of rotatable bonds is 19. The first-order chi connectivity index (χ1) is 33.5. The molecular weight excluding hydrogens is 855 g/mol. The number of ether oxygens (including phenoxy) is 8. The minimum Gasteiger partial charge on any atom is -0.493 e. The Morgan fingerprint density at radius 2 is 0.926 bits per heavy atom. The number of esters is 1. The van der Waals surface area contributed by atoms with Crippen molar-refractivity contribution in [3.05, 3.63) is 197 Å². The molecule has 2 heterocycles. The van der Waals surface area contributed by atoms with Crippen molar-refractivity contribution in [2.45, 2.75) is 46.3 Å². The van der Waals surface area contributed by atoms with E-state index in [1.807, 2.05) is 165 Å². The van der Waals surface area contributed by atoms with Crippen LogP contribution < -0.4 is 33.2 Å². The van der Waals surface area contributed by atoms with Gasteiger partial charge in [0.25, 0.3) is 0 Å². The van der Waals surface area contributed by atoms with E-state index in [4.69, 9.17) is 37.9 Å². The summed E-state index contributed by atoms with van der Waals surface area (Å²) in [6, 6.07) is 53.6. The van der Waals surface area contributed by atoms with Crippen LogP contribution in [0.5, 0.6) is 40.2 Å². The zero-order chi connectivity index (χ0) is 46.8. The van der Waals surface area contributed by atoms with E-state index in [1.54, 1.807) is 21.3 Å². The van der Waals surface area contributed by atoms with Crippen molar-refractivity contribution in [2.24, 2.45) is 0 Å². The molecule has 344 valence electrons. The second kappa shape index (κ2) is 21.0. The van der Waals surface area contributed by atoms with Gasteiger partial charge in [0.1, 0.15) is 37.9 Å². The SMILES string of the molecule is CCOC(=O)c1c(-c2cc(OC)c(OCc3ccccc3)cc2OCc2ccccc2)c(-c2ccc(OC)c(OCc3ccccc3)c2)c2n1CCc1cc(OCc3ccccc3)c(OC)cc1-2. The standard InChI is InChI=1S/C58H53NO9/c1-5-64-58(60)57-55(46-33-50(63-4)53(68-38-42-24-16-9-17-25-42)34-48(46)65-35-39-18-10-6-11-19-39)54(44-26-27-47(61-2)51(31-44)66-36-40-20-12-7-13-21-40)56-45-32-49(62-3)52(30-43(45)28-29-59(56)57)67-37-41-22-14-8-15-23-41/h6-27,30-34H,5,28-29,35-38H2,1-4H3. The lowest BCUT2D eigenvalue weighted by molar-refractivity contribution is 0.0514. The maximum absolute atomic E-state index is 14.8. The Hall–Kier alpha value is -8.11. The van der Waals surface area contributed by atoms with Crippen molar-refractivity contribution < 1.29 is 42.7 Å². The highest BCUT2D eigenvalue weighted by molar-refractivity contribution is 6.08. The van der Waals surface area contributed by atoms with E-state index in [0.29, 0.717) is 89.9 Å². The summed E-state index contributed by atoms with van der Waals surface area (Å²) in [6.07, 6.45) is 0.592. The van der Waals surface area contributed by atoms with Crippen LogP contribution in [0.1, 0.15) is 45.2 Å². The molecule has 0 bridgehead atoms. The quantitative estimate of drug-likeness (QED) is 0.0735. The number of hydrogen-bond donors (Lipinski definition) is 0. The van der Waals surface area contributed by atoms with Crippen LogP contribution in [0, 0.1) is 0 Å². The van der Waals surface area contributed by atoms with E-state index < -0.39 is 5.97 Å². The lowest BCUT2D eigenvalue weighted by atomic mass is 9.89. The number of benzene rings is 7. The van der Waals surface area contributed by atoms with Crippen LogP contribution in [0.3, 0.4) is 0 Å². The monoisotopic (exact) mass is 907 g/mol. The van der Waals surface area contributed by atoms with Gasteiger partial charge in [-0.05, 0) is 77.1 Å². The van der Waals surface area contributed by atoms with E-state index in [-0.39, 0.29) is 13.2 Å². The van der Waals surface area contributed by atoms with Crippen molar-refractivity contribution in [1.82, 2.24) is 4.57 Å². The largest absolute Gasteiger partial charge is 0.493 e. The van der Waals surface area contributed by atoms with Crippen LogP contribution in [0.2, 0.25) is 0 Å². The van der Waals surface area contributed by atoms with Crippen LogP contribution in [-0.2, 0) is 44.1 Å². The van der Waals surface area contributed by atoms with Gasteiger partial charge < -0.3 is 42.5 Å². The molecule has 0 saturated heterocycles. The minimum atomic E-state index is -0.486. The summed E-state index contributed by atoms with van der Waals surface area (Å²) < 4.78 is 52.4. The lowest BCUT2D eigenvalue weighted by Crippen LogP contribution is -2.18. The van der Waals surface area contributed by atoms with E-state index in [2.05, 4.69) is 10.6 Å². The molecule has 0 N–H and O–H groups in total. The van der Waals surface area contributed by atoms with Gasteiger partial charge in [-0.3, -0.25) is 0 Å². The third-order valence-electron chi connectivity index (χ3n) is 11.9. The first-order valence-electron chi connectivity index (χ1n) is 22.7. The molecule has 1 aliphatic rings. The summed E-state index contributed by atoms with van der Waals surface area (Å²) in [5, 5.41) is 0. The van der Waals surface area contributed by atoms with Crippen molar-refractivity contribution in [1.29, 1.82) is 0 Å². The maximum atomic E-state index is 14.8. The molecule has 0 radical (unpaired) electrons. The molecule has 7 aromatic carbocycles. The third kappa shape index (κ3) is 9.71. The molecule has 0 fully saturated rings. The van der Waals surface area contributed by atoms with Crippen molar-refractivity contribution in [3.8, 4) is 73.8 Å². The van der Waals surface area contributed by atoms with Gasteiger partial charge in [0.2, 0.25) is 0 Å². The molecule has 0 amide bonds. The lowest BCUT2D eigenvalue weighted by Gasteiger charge is -2.24. The molecule has 8 aromatic rings. The van der Waals surface area contributed by atoms with Crippen molar-refractivity contribution >= 4 is 5.97 Å². The normalized spacial score (nSPS) is 11.5. The topological polar surface area (TPSA) is 95.8 Å². The second-order valence-electron chi connectivity index (χ2n) is 16.2. The van der Waals surface area contributed by atoms with Gasteiger partial charge in [0.05, 0.1) is 33.6 Å². The number of carbonyl (C=O) groups is 1. The average Bonchev–Trinajstić information content (AvgIpc) is 3.75. The molecule has 1 aromatic heterocycles. The minimum absolute atomic E-state index is 0.160. The van der Waals surface area contributed by atoms with Crippen LogP contribution in [0.25, 0.3) is 33.5 Å². The Morgan fingerprint density at radius 1 is 0.471 bits per heavy atom. The Bertz CT molecular complexity index is 2990. The smallest absolute Gasteiger partial charge is 0.355 e. The first kappa shape index (κ1) is 45.1. The fraction of sp³-hybridized carbons (Fsp3) is 0.190. The van der Waals surface area contributed by atoms with Gasteiger partial charge >= 0.3 is 5.97 Å². The van der Waals surface area contributed by atoms with Gasteiger partial charge in [-0.2, -0.15) is 0 Å². The van der Waals surface area contributed by atoms with Gasteiger partial charge in [-0.1, -0.05) is 127 Å². The molecule has 0 aliphatic carbocycles. The molecule has 9 rings (SSSR count). The number of methoxy groups -OCH3 is 3. The van der Waals surface area contributed by atoms with Crippen molar-refractivity contribution in [3.63, 3.8) is 0 Å². The van der Waals surface area contributed by atoms with E-state index in [9.17, 15) is 4.79 Å². The van der Waals surface area contributed by atoms with E-state index in [1.165, 1.54) is 0 Å². The summed E-state index contributed by atoms with van der Waals surface area (Å²) in [6.45, 7) is 3.63. The second-order valence-corrected chi connectivity index (χ2v) is 16.2. The van der Waals surface area contributed by atoms with Crippen LogP contribution in [0.15, 0.2) is 164 Å². The Balaban J connectivity index is 1.29. The molecule has 68 heavy (non-hydrogen) atoms.